The molecule has 0 bridgehead atoms. The van der Waals surface area contributed by atoms with E-state index in [-0.39, 0.29) is 24.0 Å². The number of benzene rings is 1. The van der Waals surface area contributed by atoms with Gasteiger partial charge in [-0.2, -0.15) is 0 Å². The first-order valence-corrected chi connectivity index (χ1v) is 10.2. The number of nitrogens with zero attached hydrogens (tertiary/aromatic N) is 5. The number of halogens is 1. The van der Waals surface area contributed by atoms with Gasteiger partial charge in [0.25, 0.3) is 0 Å². The highest BCUT2D eigenvalue weighted by molar-refractivity contribution is 14.0. The molecule has 7 nitrogen and oxygen atoms in total. The molecule has 0 amide bonds. The van der Waals surface area contributed by atoms with Crippen LogP contribution in [-0.4, -0.2) is 78.7 Å². The molecule has 3 heterocycles. The second-order valence-corrected chi connectivity index (χ2v) is 7.52. The largest absolute Gasteiger partial charge is 0.364 e. The van der Waals surface area contributed by atoms with E-state index in [1.54, 1.807) is 6.26 Å². The Balaban J connectivity index is 0.00000240. The molecule has 0 spiro atoms. The highest BCUT2D eigenvalue weighted by Gasteiger charge is 2.21. The van der Waals surface area contributed by atoms with E-state index in [1.807, 2.05) is 13.1 Å². The number of fused-ring (bicyclic) bond motifs is 1. The lowest BCUT2D eigenvalue weighted by atomic mass is 10.00. The summed E-state index contributed by atoms with van der Waals surface area (Å²) in [5, 5.41) is 7.57. The Morgan fingerprint density at radius 2 is 1.86 bits per heavy atom. The number of guanidine groups is 1. The number of aromatic nitrogens is 1. The van der Waals surface area contributed by atoms with Crippen molar-refractivity contribution in [3.63, 3.8) is 0 Å². The summed E-state index contributed by atoms with van der Waals surface area (Å²) in [6.45, 7) is 8.99. The van der Waals surface area contributed by atoms with Crippen LogP contribution >= 0.6 is 24.0 Å². The number of rotatable bonds is 5. The minimum Gasteiger partial charge on any atom is -0.364 e. The molecule has 1 saturated heterocycles. The maximum absolute atomic E-state index is 4.93. The predicted octanol–water partition coefficient (Wildman–Crippen LogP) is 2.04. The molecule has 2 aliphatic heterocycles. The molecule has 4 rings (SSSR count). The summed E-state index contributed by atoms with van der Waals surface area (Å²) in [5.74, 6) is 1.01. The fourth-order valence-electron chi connectivity index (χ4n) is 4.07. The molecule has 1 aromatic heterocycles. The Morgan fingerprint density at radius 3 is 2.59 bits per heavy atom. The molecule has 2 aliphatic rings. The molecule has 1 fully saturated rings. The van der Waals surface area contributed by atoms with Gasteiger partial charge < -0.3 is 14.7 Å². The fraction of sp³-hybridized carbons (Fsp3) is 0.524. The van der Waals surface area contributed by atoms with Crippen molar-refractivity contribution in [1.82, 2.24) is 25.2 Å². The van der Waals surface area contributed by atoms with Crippen molar-refractivity contribution in [1.29, 1.82) is 0 Å². The van der Waals surface area contributed by atoms with Gasteiger partial charge >= 0.3 is 0 Å². The summed E-state index contributed by atoms with van der Waals surface area (Å²) >= 11 is 0. The molecule has 0 radical (unpaired) electrons. The molecule has 0 atom stereocenters. The van der Waals surface area contributed by atoms with E-state index in [1.165, 1.54) is 11.1 Å². The minimum absolute atomic E-state index is 0. The van der Waals surface area contributed by atoms with E-state index in [9.17, 15) is 0 Å². The first kappa shape index (κ1) is 22.0. The summed E-state index contributed by atoms with van der Waals surface area (Å²) in [7, 11) is 1.88. The number of piperazine rings is 1. The lowest BCUT2D eigenvalue weighted by Gasteiger charge is -2.36. The van der Waals surface area contributed by atoms with Gasteiger partial charge in [-0.15, -0.1) is 24.0 Å². The van der Waals surface area contributed by atoms with Crippen LogP contribution in [0.25, 0.3) is 0 Å². The maximum atomic E-state index is 4.93. The van der Waals surface area contributed by atoms with E-state index in [2.05, 4.69) is 54.4 Å². The van der Waals surface area contributed by atoms with Crippen molar-refractivity contribution in [3.8, 4) is 0 Å². The third-order valence-corrected chi connectivity index (χ3v) is 5.68. The third-order valence-electron chi connectivity index (χ3n) is 5.68. The van der Waals surface area contributed by atoms with Gasteiger partial charge in [0, 0.05) is 72.0 Å². The normalized spacial score (nSPS) is 18.2. The Hall–Kier alpha value is -1.65. The van der Waals surface area contributed by atoms with Gasteiger partial charge in [-0.05, 0) is 17.5 Å². The predicted molar refractivity (Wildman–Crippen MR) is 126 cm³/mol. The standard InChI is InChI=1S/C21H30N6O.HI/c1-22-21(27-13-11-26(12-14-27)17-20-7-15-28-24-20)23-8-10-25-9-6-18-4-2-3-5-19(18)16-25;/h2-5,7,15H,6,8-14,16-17H2,1H3,(H,22,23);1H. The quantitative estimate of drug-likeness (QED) is 0.378. The third kappa shape index (κ3) is 5.93. The Bertz CT molecular complexity index is 773. The molecule has 158 valence electrons. The Labute approximate surface area is 190 Å². The molecule has 2 aromatic rings. The summed E-state index contributed by atoms with van der Waals surface area (Å²) in [6.07, 6.45) is 2.79. The number of hydrogen-bond donors (Lipinski definition) is 1. The molecule has 1 aromatic carbocycles. The van der Waals surface area contributed by atoms with Crippen LogP contribution < -0.4 is 5.32 Å². The van der Waals surface area contributed by atoms with Gasteiger partial charge in [0.05, 0.1) is 5.69 Å². The van der Waals surface area contributed by atoms with Gasteiger partial charge in [-0.25, -0.2) is 0 Å². The maximum Gasteiger partial charge on any atom is 0.193 e. The number of hydrogen-bond acceptors (Lipinski definition) is 5. The van der Waals surface area contributed by atoms with Crippen LogP contribution in [0.5, 0.6) is 0 Å². The van der Waals surface area contributed by atoms with Crippen LogP contribution in [0.1, 0.15) is 16.8 Å². The van der Waals surface area contributed by atoms with Gasteiger partial charge in [0.15, 0.2) is 5.96 Å². The molecule has 0 aliphatic carbocycles. The van der Waals surface area contributed by atoms with Crippen molar-refractivity contribution >= 4 is 29.9 Å². The van der Waals surface area contributed by atoms with E-state index in [0.29, 0.717) is 0 Å². The van der Waals surface area contributed by atoms with Crippen LogP contribution in [0.3, 0.4) is 0 Å². The smallest absolute Gasteiger partial charge is 0.193 e. The lowest BCUT2D eigenvalue weighted by Crippen LogP contribution is -2.53. The van der Waals surface area contributed by atoms with Gasteiger partial charge in [-0.1, -0.05) is 29.4 Å². The van der Waals surface area contributed by atoms with E-state index in [4.69, 9.17) is 4.52 Å². The lowest BCUT2D eigenvalue weighted by molar-refractivity contribution is 0.168. The number of aliphatic imine (C=N–C) groups is 1. The minimum atomic E-state index is 0. The zero-order chi connectivity index (χ0) is 19.2. The van der Waals surface area contributed by atoms with Crippen LogP contribution in [0.4, 0.5) is 0 Å². The van der Waals surface area contributed by atoms with Crippen molar-refractivity contribution in [2.24, 2.45) is 4.99 Å². The second-order valence-electron chi connectivity index (χ2n) is 7.52. The Kier molecular flexibility index (Phi) is 8.31. The van der Waals surface area contributed by atoms with Crippen molar-refractivity contribution in [2.75, 3.05) is 52.9 Å². The van der Waals surface area contributed by atoms with Gasteiger partial charge in [0.2, 0.25) is 0 Å². The van der Waals surface area contributed by atoms with Crippen molar-refractivity contribution in [3.05, 3.63) is 53.4 Å². The summed E-state index contributed by atoms with van der Waals surface area (Å²) < 4.78 is 4.93. The fourth-order valence-corrected chi connectivity index (χ4v) is 4.07. The highest BCUT2D eigenvalue weighted by atomic mass is 127. The van der Waals surface area contributed by atoms with E-state index >= 15 is 0 Å². The van der Waals surface area contributed by atoms with Crippen molar-refractivity contribution < 1.29 is 4.52 Å². The molecule has 29 heavy (non-hydrogen) atoms. The summed E-state index contributed by atoms with van der Waals surface area (Å²) in [6, 6.07) is 10.7. The van der Waals surface area contributed by atoms with Gasteiger partial charge in [-0.3, -0.25) is 14.8 Å². The van der Waals surface area contributed by atoms with E-state index in [0.717, 1.165) is 77.0 Å². The zero-order valence-electron chi connectivity index (χ0n) is 17.1. The average Bonchev–Trinajstić information content (AvgIpc) is 3.25. The molecular formula is C21H31IN6O. The number of nitrogens with one attached hydrogen (secondary N) is 1. The molecule has 0 saturated carbocycles. The molecule has 8 heteroatoms. The van der Waals surface area contributed by atoms with Crippen LogP contribution in [0.15, 0.2) is 46.1 Å². The zero-order valence-corrected chi connectivity index (χ0v) is 19.4. The monoisotopic (exact) mass is 510 g/mol. The van der Waals surface area contributed by atoms with Crippen LogP contribution in [0.2, 0.25) is 0 Å². The average molecular weight is 510 g/mol. The summed E-state index contributed by atoms with van der Waals surface area (Å²) in [4.78, 5) is 11.8. The molecule has 1 N–H and O–H groups in total. The van der Waals surface area contributed by atoms with Crippen LogP contribution in [0, 0.1) is 0 Å². The first-order valence-electron chi connectivity index (χ1n) is 10.2. The summed E-state index contributed by atoms with van der Waals surface area (Å²) in [5.41, 5.74) is 3.98. The topological polar surface area (TPSA) is 60.1 Å². The molecular weight excluding hydrogens is 479 g/mol. The SMILES string of the molecule is CN=C(NCCN1CCc2ccccc2C1)N1CCN(Cc2ccon2)CC1.I. The highest BCUT2D eigenvalue weighted by Crippen LogP contribution is 2.17. The van der Waals surface area contributed by atoms with Crippen molar-refractivity contribution in [2.45, 2.75) is 19.5 Å². The first-order chi connectivity index (χ1) is 13.8. The molecule has 0 unspecified atom stereocenters. The van der Waals surface area contributed by atoms with E-state index < -0.39 is 0 Å². The van der Waals surface area contributed by atoms with Crippen LogP contribution in [-0.2, 0) is 19.5 Å². The second kappa shape index (κ2) is 10.9. The van der Waals surface area contributed by atoms with Gasteiger partial charge in [0.1, 0.15) is 6.26 Å². The Morgan fingerprint density at radius 1 is 1.07 bits per heavy atom.